The summed E-state index contributed by atoms with van der Waals surface area (Å²) in [7, 11) is 0. The number of hydrogen-bond donors (Lipinski definition) is 1. The average Bonchev–Trinajstić information content (AvgIpc) is 2.66. The number of halogens is 3. The van der Waals surface area contributed by atoms with E-state index < -0.39 is 13.0 Å². The van der Waals surface area contributed by atoms with Crippen molar-refractivity contribution in [3.8, 4) is 0 Å². The van der Waals surface area contributed by atoms with Crippen LogP contribution in [0.1, 0.15) is 5.82 Å². The molecular formula is C11H11F3N2O. The van der Waals surface area contributed by atoms with Crippen LogP contribution in [0.15, 0.2) is 18.2 Å². The molecule has 6 heteroatoms. The van der Waals surface area contributed by atoms with Gasteiger partial charge in [0.15, 0.2) is 0 Å². The van der Waals surface area contributed by atoms with E-state index in [2.05, 4.69) is 9.97 Å². The van der Waals surface area contributed by atoms with Gasteiger partial charge in [0.25, 0.3) is 6.43 Å². The molecule has 0 fully saturated rings. The number of hydrogen-bond acceptors (Lipinski definition) is 2. The molecular weight excluding hydrogens is 233 g/mol. The minimum atomic E-state index is -2.46. The number of fused-ring (bicyclic) bond motifs is 1. The number of rotatable bonds is 5. The molecule has 0 aliphatic heterocycles. The fraction of sp³-hybridized carbons (Fsp3) is 0.364. The summed E-state index contributed by atoms with van der Waals surface area (Å²) in [6.45, 7) is -0.415. The first-order chi connectivity index (χ1) is 8.15. The van der Waals surface area contributed by atoms with Crippen molar-refractivity contribution >= 4 is 11.0 Å². The van der Waals surface area contributed by atoms with Crippen molar-refractivity contribution in [3.63, 3.8) is 0 Å². The van der Waals surface area contributed by atoms with Crippen LogP contribution in [-0.4, -0.2) is 29.6 Å². The van der Waals surface area contributed by atoms with Crippen LogP contribution in [0.3, 0.4) is 0 Å². The van der Waals surface area contributed by atoms with Crippen LogP contribution in [0.5, 0.6) is 0 Å². The molecule has 2 rings (SSSR count). The minimum Gasteiger partial charge on any atom is -0.375 e. The van der Waals surface area contributed by atoms with Crippen molar-refractivity contribution < 1.29 is 17.9 Å². The van der Waals surface area contributed by atoms with Gasteiger partial charge in [0, 0.05) is 6.42 Å². The van der Waals surface area contributed by atoms with Crippen LogP contribution >= 0.6 is 0 Å². The number of aromatic nitrogens is 2. The number of alkyl halides is 2. The zero-order valence-electron chi connectivity index (χ0n) is 8.92. The van der Waals surface area contributed by atoms with E-state index in [1.807, 2.05) is 0 Å². The summed E-state index contributed by atoms with van der Waals surface area (Å²) in [5.41, 5.74) is 1.24. The molecule has 0 spiro atoms. The number of ether oxygens (including phenoxy) is 1. The second-order valence-electron chi connectivity index (χ2n) is 3.56. The standard InChI is InChI=1S/C11H11F3N2O/c12-7-1-2-8-9(5-7)16-11(15-8)3-4-17-6-10(13)14/h1-2,5,10H,3-4,6H2,(H,15,16). The third-order valence-corrected chi connectivity index (χ3v) is 2.22. The molecule has 0 aliphatic carbocycles. The number of nitrogens with one attached hydrogen (secondary N) is 1. The first-order valence-corrected chi connectivity index (χ1v) is 5.15. The van der Waals surface area contributed by atoms with Gasteiger partial charge in [0.05, 0.1) is 17.6 Å². The minimum absolute atomic E-state index is 0.159. The maximum absolute atomic E-state index is 12.9. The van der Waals surface area contributed by atoms with Gasteiger partial charge in [-0.3, -0.25) is 0 Å². The summed E-state index contributed by atoms with van der Waals surface area (Å²) >= 11 is 0. The lowest BCUT2D eigenvalue weighted by Gasteiger charge is -2.00. The summed E-state index contributed by atoms with van der Waals surface area (Å²) in [6.07, 6.45) is -2.07. The van der Waals surface area contributed by atoms with Crippen molar-refractivity contribution in [2.45, 2.75) is 12.8 Å². The first-order valence-electron chi connectivity index (χ1n) is 5.15. The van der Waals surface area contributed by atoms with Crippen molar-refractivity contribution in [2.75, 3.05) is 13.2 Å². The van der Waals surface area contributed by atoms with Gasteiger partial charge in [0.2, 0.25) is 0 Å². The summed E-state index contributed by atoms with van der Waals surface area (Å²) in [5.74, 6) is 0.251. The molecule has 1 aromatic carbocycles. The van der Waals surface area contributed by atoms with Crippen LogP contribution in [0, 0.1) is 5.82 Å². The van der Waals surface area contributed by atoms with E-state index in [-0.39, 0.29) is 12.4 Å². The molecule has 1 heterocycles. The molecule has 0 amide bonds. The largest absolute Gasteiger partial charge is 0.375 e. The highest BCUT2D eigenvalue weighted by atomic mass is 19.3. The molecule has 0 aliphatic rings. The third-order valence-electron chi connectivity index (χ3n) is 2.22. The normalized spacial score (nSPS) is 11.5. The number of H-pyrrole nitrogens is 1. The van der Waals surface area contributed by atoms with E-state index >= 15 is 0 Å². The molecule has 0 radical (unpaired) electrons. The van der Waals surface area contributed by atoms with Crippen molar-refractivity contribution in [1.82, 2.24) is 9.97 Å². The SMILES string of the molecule is Fc1ccc2nc(CCOCC(F)F)[nH]c2c1. The summed E-state index contributed by atoms with van der Waals surface area (Å²) < 4.78 is 41.2. The molecule has 0 saturated heterocycles. The van der Waals surface area contributed by atoms with Gasteiger partial charge in [-0.25, -0.2) is 18.2 Å². The van der Waals surface area contributed by atoms with E-state index in [1.165, 1.54) is 12.1 Å². The fourth-order valence-electron chi connectivity index (χ4n) is 1.49. The van der Waals surface area contributed by atoms with Gasteiger partial charge in [-0.2, -0.15) is 0 Å². The molecule has 17 heavy (non-hydrogen) atoms. The predicted molar refractivity (Wildman–Crippen MR) is 56.6 cm³/mol. The van der Waals surface area contributed by atoms with Gasteiger partial charge in [-0.05, 0) is 18.2 Å². The molecule has 2 aromatic rings. The van der Waals surface area contributed by atoms with Gasteiger partial charge < -0.3 is 9.72 Å². The van der Waals surface area contributed by atoms with Crippen LogP contribution in [0.2, 0.25) is 0 Å². The zero-order valence-corrected chi connectivity index (χ0v) is 8.92. The number of imidazole rings is 1. The maximum atomic E-state index is 12.9. The second kappa shape index (κ2) is 5.18. The average molecular weight is 244 g/mol. The van der Waals surface area contributed by atoms with Crippen LogP contribution in [0.25, 0.3) is 11.0 Å². The molecule has 0 atom stereocenters. The second-order valence-corrected chi connectivity index (χ2v) is 3.56. The third kappa shape index (κ3) is 3.20. The van der Waals surface area contributed by atoms with Crippen molar-refractivity contribution in [1.29, 1.82) is 0 Å². The molecule has 3 nitrogen and oxygen atoms in total. The molecule has 1 aromatic heterocycles. The van der Waals surface area contributed by atoms with Gasteiger partial charge in [0.1, 0.15) is 18.2 Å². The summed E-state index contributed by atoms with van der Waals surface area (Å²) in [5, 5.41) is 0. The van der Waals surface area contributed by atoms with E-state index in [1.54, 1.807) is 6.07 Å². The van der Waals surface area contributed by atoms with Crippen molar-refractivity contribution in [2.24, 2.45) is 0 Å². The van der Waals surface area contributed by atoms with Gasteiger partial charge >= 0.3 is 0 Å². The van der Waals surface area contributed by atoms with E-state index in [0.717, 1.165) is 0 Å². The highest BCUT2D eigenvalue weighted by Gasteiger charge is 2.05. The molecule has 0 unspecified atom stereocenters. The number of aromatic amines is 1. The van der Waals surface area contributed by atoms with E-state index in [4.69, 9.17) is 4.74 Å². The Morgan fingerprint density at radius 3 is 2.94 bits per heavy atom. The predicted octanol–water partition coefficient (Wildman–Crippen LogP) is 2.53. The van der Waals surface area contributed by atoms with Crippen LogP contribution in [-0.2, 0) is 11.2 Å². The Morgan fingerprint density at radius 2 is 2.18 bits per heavy atom. The Labute approximate surface area is 95.6 Å². The molecule has 0 bridgehead atoms. The number of benzene rings is 1. The maximum Gasteiger partial charge on any atom is 0.261 e. The Balaban J connectivity index is 1.95. The summed E-state index contributed by atoms with van der Waals surface area (Å²) in [4.78, 5) is 7.09. The quantitative estimate of drug-likeness (QED) is 0.821. The van der Waals surface area contributed by atoms with Crippen LogP contribution in [0.4, 0.5) is 13.2 Å². The van der Waals surface area contributed by atoms with Gasteiger partial charge in [-0.1, -0.05) is 0 Å². The zero-order chi connectivity index (χ0) is 12.3. The topological polar surface area (TPSA) is 37.9 Å². The number of nitrogens with zero attached hydrogens (tertiary/aromatic N) is 1. The molecule has 0 saturated carbocycles. The van der Waals surface area contributed by atoms with Gasteiger partial charge in [-0.15, -0.1) is 0 Å². The highest BCUT2D eigenvalue weighted by Crippen LogP contribution is 2.13. The van der Waals surface area contributed by atoms with E-state index in [0.29, 0.717) is 23.3 Å². The Kier molecular flexibility index (Phi) is 3.63. The van der Waals surface area contributed by atoms with Crippen LogP contribution < -0.4 is 0 Å². The highest BCUT2D eigenvalue weighted by molar-refractivity contribution is 5.74. The lowest BCUT2D eigenvalue weighted by atomic mass is 10.3. The fourth-order valence-corrected chi connectivity index (χ4v) is 1.49. The lowest BCUT2D eigenvalue weighted by Crippen LogP contribution is -2.07. The Morgan fingerprint density at radius 1 is 1.35 bits per heavy atom. The van der Waals surface area contributed by atoms with E-state index in [9.17, 15) is 13.2 Å². The first kappa shape index (κ1) is 11.9. The monoisotopic (exact) mass is 244 g/mol. The smallest absolute Gasteiger partial charge is 0.261 e. The Bertz CT molecular complexity index is 498. The molecule has 1 N–H and O–H groups in total. The summed E-state index contributed by atoms with van der Waals surface area (Å²) in [6, 6.07) is 4.22. The molecule has 92 valence electrons. The lowest BCUT2D eigenvalue weighted by molar-refractivity contribution is 0.0183. The van der Waals surface area contributed by atoms with Crippen molar-refractivity contribution in [3.05, 3.63) is 29.8 Å². The Hall–Kier alpha value is -1.56.